The monoisotopic (exact) mass is 416 g/mol. The zero-order valence-electron chi connectivity index (χ0n) is 16.1. The van der Waals surface area contributed by atoms with Crippen LogP contribution >= 0.6 is 0 Å². The summed E-state index contributed by atoms with van der Waals surface area (Å²) < 4.78 is 40.7. The van der Waals surface area contributed by atoms with Gasteiger partial charge in [-0.25, -0.2) is 12.8 Å². The smallest absolute Gasteiger partial charge is 0.254 e. The number of halogens is 1. The van der Waals surface area contributed by atoms with Crippen LogP contribution in [0.4, 0.5) is 4.39 Å². The molecular formula is C21H21FN2O4S. The molecule has 0 N–H and O–H groups in total. The zero-order chi connectivity index (χ0) is 21.0. The second-order valence-electron chi connectivity index (χ2n) is 7.65. The van der Waals surface area contributed by atoms with Crippen molar-refractivity contribution < 1.29 is 22.4 Å². The van der Waals surface area contributed by atoms with E-state index in [1.165, 1.54) is 16.4 Å². The Labute approximate surface area is 169 Å². The minimum absolute atomic E-state index is 0.00944. The lowest BCUT2D eigenvalue weighted by Gasteiger charge is -2.34. The normalized spacial score (nSPS) is 24.9. The van der Waals surface area contributed by atoms with E-state index < -0.39 is 27.3 Å². The minimum atomic E-state index is -3.94. The van der Waals surface area contributed by atoms with Gasteiger partial charge in [-0.2, -0.15) is 4.31 Å². The Bertz CT molecular complexity index is 1100. The summed E-state index contributed by atoms with van der Waals surface area (Å²) in [5, 5.41) is 0. The molecule has 2 aliphatic rings. The van der Waals surface area contributed by atoms with Crippen LogP contribution in [-0.2, 0) is 10.0 Å². The van der Waals surface area contributed by atoms with Crippen LogP contribution in [0.1, 0.15) is 34.6 Å². The number of ketones is 1. The molecule has 8 heteroatoms. The third-order valence-corrected chi connectivity index (χ3v) is 7.79. The van der Waals surface area contributed by atoms with Crippen LogP contribution in [-0.4, -0.2) is 55.0 Å². The molecule has 29 heavy (non-hydrogen) atoms. The number of fused-ring (bicyclic) bond motifs is 2. The number of carbonyl (C=O) groups is 2. The summed E-state index contributed by atoms with van der Waals surface area (Å²) >= 11 is 0. The van der Waals surface area contributed by atoms with Gasteiger partial charge in [0.2, 0.25) is 10.0 Å². The first-order chi connectivity index (χ1) is 13.7. The molecule has 4 rings (SSSR count). The molecule has 0 saturated carbocycles. The summed E-state index contributed by atoms with van der Waals surface area (Å²) in [6, 6.07) is 10.7. The summed E-state index contributed by atoms with van der Waals surface area (Å²) in [4.78, 5) is 28.1. The molecule has 0 aromatic heterocycles. The molecule has 1 fully saturated rings. The molecular weight excluding hydrogens is 395 g/mol. The van der Waals surface area contributed by atoms with Gasteiger partial charge >= 0.3 is 0 Å². The van der Waals surface area contributed by atoms with Crippen LogP contribution in [0.15, 0.2) is 53.4 Å². The number of hydrogen-bond acceptors (Lipinski definition) is 4. The molecule has 2 aromatic rings. The van der Waals surface area contributed by atoms with E-state index in [0.717, 1.165) is 12.1 Å². The molecule has 0 bridgehead atoms. The van der Waals surface area contributed by atoms with Crippen molar-refractivity contribution in [2.75, 3.05) is 19.6 Å². The summed E-state index contributed by atoms with van der Waals surface area (Å²) in [5.41, 5.74) is -0.407. The Balaban J connectivity index is 1.80. The van der Waals surface area contributed by atoms with Gasteiger partial charge in [-0.05, 0) is 44.2 Å². The summed E-state index contributed by atoms with van der Waals surface area (Å²) in [6.07, 6.45) is 0. The first kappa shape index (κ1) is 19.7. The van der Waals surface area contributed by atoms with Crippen molar-refractivity contribution in [2.45, 2.75) is 24.8 Å². The van der Waals surface area contributed by atoms with Crippen LogP contribution < -0.4 is 0 Å². The Morgan fingerprint density at radius 2 is 1.69 bits per heavy atom. The highest BCUT2D eigenvalue weighted by atomic mass is 32.2. The van der Waals surface area contributed by atoms with Crippen LogP contribution in [0.25, 0.3) is 0 Å². The molecule has 2 atom stereocenters. The fraction of sp³-hybridized carbons (Fsp3) is 0.333. The topological polar surface area (TPSA) is 74.8 Å². The molecule has 152 valence electrons. The van der Waals surface area contributed by atoms with Gasteiger partial charge in [0, 0.05) is 25.2 Å². The first-order valence-corrected chi connectivity index (χ1v) is 10.8. The van der Waals surface area contributed by atoms with E-state index in [1.54, 1.807) is 36.1 Å². The molecule has 0 radical (unpaired) electrons. The Morgan fingerprint density at radius 1 is 1.07 bits per heavy atom. The van der Waals surface area contributed by atoms with Crippen molar-refractivity contribution in [1.82, 2.24) is 9.21 Å². The van der Waals surface area contributed by atoms with Crippen molar-refractivity contribution in [3.05, 3.63) is 65.5 Å². The first-order valence-electron chi connectivity index (χ1n) is 9.40. The van der Waals surface area contributed by atoms with Crippen LogP contribution in [0.3, 0.4) is 0 Å². The van der Waals surface area contributed by atoms with Crippen molar-refractivity contribution >= 4 is 21.7 Å². The minimum Gasteiger partial charge on any atom is -0.334 e. The van der Waals surface area contributed by atoms with Crippen LogP contribution in [0.5, 0.6) is 0 Å². The number of sulfonamides is 1. The fourth-order valence-electron chi connectivity index (χ4n) is 4.37. The third-order valence-electron chi connectivity index (χ3n) is 5.97. The predicted molar refractivity (Wildman–Crippen MR) is 105 cm³/mol. The summed E-state index contributed by atoms with van der Waals surface area (Å²) in [7, 11) is -3.94. The number of nitrogens with zero attached hydrogens (tertiary/aromatic N) is 2. The van der Waals surface area contributed by atoms with Crippen molar-refractivity contribution in [2.24, 2.45) is 5.41 Å². The average molecular weight is 416 g/mol. The van der Waals surface area contributed by atoms with Gasteiger partial charge in [0.05, 0.1) is 21.9 Å². The maximum atomic E-state index is 13.5. The second kappa shape index (κ2) is 6.74. The fourth-order valence-corrected chi connectivity index (χ4v) is 5.92. The standard InChI is InChI=1S/C21H21FN2O4S/c1-3-24-18-12-23(29(27,28)15-10-8-14(22)9-11-15)13-21(18,2)19(25)16-6-4-5-7-17(16)20(24)26/h4-11,18H,3,12-13H2,1-2H3/t18-,21+/m1/s1. The van der Waals surface area contributed by atoms with E-state index in [0.29, 0.717) is 17.7 Å². The molecule has 0 unspecified atom stereocenters. The van der Waals surface area contributed by atoms with Gasteiger partial charge < -0.3 is 4.90 Å². The number of hydrogen-bond donors (Lipinski definition) is 0. The van der Waals surface area contributed by atoms with Crippen molar-refractivity contribution in [1.29, 1.82) is 0 Å². The van der Waals surface area contributed by atoms with Crippen LogP contribution in [0.2, 0.25) is 0 Å². The molecule has 1 saturated heterocycles. The molecule has 2 heterocycles. The van der Waals surface area contributed by atoms with Gasteiger partial charge in [-0.3, -0.25) is 9.59 Å². The van der Waals surface area contributed by atoms with E-state index in [9.17, 15) is 22.4 Å². The van der Waals surface area contributed by atoms with Crippen molar-refractivity contribution in [3.8, 4) is 0 Å². The number of benzene rings is 2. The number of likely N-dealkylation sites (N-methyl/N-ethyl adjacent to an activating group) is 1. The van der Waals surface area contributed by atoms with E-state index >= 15 is 0 Å². The van der Waals surface area contributed by atoms with Crippen LogP contribution in [0, 0.1) is 11.2 Å². The SMILES string of the molecule is CCN1C(=O)c2ccccc2C(=O)[C@@]2(C)CN(S(=O)(=O)c3ccc(F)cc3)C[C@@H]12. The van der Waals surface area contributed by atoms with Crippen molar-refractivity contribution in [3.63, 3.8) is 0 Å². The highest BCUT2D eigenvalue weighted by Gasteiger charge is 2.56. The lowest BCUT2D eigenvalue weighted by molar-refractivity contribution is 0.0560. The number of Topliss-reactive ketones (excluding diaryl/α,β-unsaturated/α-hetero) is 1. The van der Waals surface area contributed by atoms with Gasteiger partial charge in [0.1, 0.15) is 5.82 Å². The second-order valence-corrected chi connectivity index (χ2v) is 9.59. The number of carbonyl (C=O) groups excluding carboxylic acids is 2. The van der Waals surface area contributed by atoms with E-state index in [4.69, 9.17) is 0 Å². The van der Waals surface area contributed by atoms with E-state index in [1.807, 2.05) is 6.92 Å². The summed E-state index contributed by atoms with van der Waals surface area (Å²) in [5.74, 6) is -1.04. The molecule has 1 amide bonds. The maximum Gasteiger partial charge on any atom is 0.254 e. The maximum absolute atomic E-state index is 13.5. The third kappa shape index (κ3) is 2.89. The van der Waals surface area contributed by atoms with E-state index in [2.05, 4.69) is 0 Å². The average Bonchev–Trinajstić information content (AvgIpc) is 3.05. The molecule has 6 nitrogen and oxygen atoms in total. The molecule has 2 aromatic carbocycles. The van der Waals surface area contributed by atoms with Gasteiger partial charge in [-0.15, -0.1) is 0 Å². The summed E-state index contributed by atoms with van der Waals surface area (Å²) in [6.45, 7) is 3.85. The predicted octanol–water partition coefficient (Wildman–Crippen LogP) is 2.56. The van der Waals surface area contributed by atoms with Gasteiger partial charge in [0.25, 0.3) is 5.91 Å². The highest BCUT2D eigenvalue weighted by molar-refractivity contribution is 7.89. The molecule has 0 spiro atoms. The molecule has 2 aliphatic heterocycles. The number of rotatable bonds is 3. The Kier molecular flexibility index (Phi) is 4.59. The largest absolute Gasteiger partial charge is 0.334 e. The van der Waals surface area contributed by atoms with Gasteiger partial charge in [0.15, 0.2) is 5.78 Å². The highest BCUT2D eigenvalue weighted by Crippen LogP contribution is 2.42. The molecule has 0 aliphatic carbocycles. The number of amides is 1. The Hall–Kier alpha value is -2.58. The van der Waals surface area contributed by atoms with Gasteiger partial charge in [-0.1, -0.05) is 18.2 Å². The van der Waals surface area contributed by atoms with E-state index in [-0.39, 0.29) is 29.7 Å². The zero-order valence-corrected chi connectivity index (χ0v) is 16.9. The lowest BCUT2D eigenvalue weighted by atomic mass is 9.78. The Morgan fingerprint density at radius 3 is 2.31 bits per heavy atom. The lowest BCUT2D eigenvalue weighted by Crippen LogP contribution is -2.49. The quantitative estimate of drug-likeness (QED) is 0.771.